The van der Waals surface area contributed by atoms with E-state index in [1.807, 2.05) is 24.3 Å². The number of anilines is 1. The first-order valence-electron chi connectivity index (χ1n) is 10.1. The molecule has 0 radical (unpaired) electrons. The van der Waals surface area contributed by atoms with Gasteiger partial charge in [-0.3, -0.25) is 14.5 Å². The predicted molar refractivity (Wildman–Crippen MR) is 121 cm³/mol. The highest BCUT2D eigenvalue weighted by Crippen LogP contribution is 2.24. The molecule has 1 aliphatic rings. The quantitative estimate of drug-likeness (QED) is 0.585. The molecule has 1 aromatic carbocycles. The molecule has 1 N–H and O–H groups in total. The predicted octanol–water partition coefficient (Wildman–Crippen LogP) is 1.91. The molecule has 0 saturated carbocycles. The van der Waals surface area contributed by atoms with E-state index in [-0.39, 0.29) is 30.2 Å². The van der Waals surface area contributed by atoms with Gasteiger partial charge in [0, 0.05) is 69.1 Å². The lowest BCUT2D eigenvalue weighted by Crippen LogP contribution is -2.49. The number of halogens is 1. The molecular weight excluding hydrogens is 452 g/mol. The third-order valence-corrected chi connectivity index (χ3v) is 7.28. The van der Waals surface area contributed by atoms with Crippen molar-refractivity contribution in [3.05, 3.63) is 71.1 Å². The summed E-state index contributed by atoms with van der Waals surface area (Å²) in [6.45, 7) is 1.81. The van der Waals surface area contributed by atoms with Crippen LogP contribution < -0.4 is 10.2 Å². The van der Waals surface area contributed by atoms with Crippen LogP contribution in [0.5, 0.6) is 0 Å². The lowest BCUT2D eigenvalue weighted by molar-refractivity contribution is 0.0947. The Balaban J connectivity index is 1.48. The van der Waals surface area contributed by atoms with Crippen molar-refractivity contribution in [2.75, 3.05) is 31.1 Å². The van der Waals surface area contributed by atoms with Crippen LogP contribution in [0.25, 0.3) is 0 Å². The number of carbonyl (C=O) groups is 1. The fourth-order valence-electron chi connectivity index (χ4n) is 3.58. The van der Waals surface area contributed by atoms with Crippen molar-refractivity contribution >= 4 is 33.2 Å². The number of aromatic nitrogens is 3. The summed E-state index contributed by atoms with van der Waals surface area (Å²) < 4.78 is 29.3. The number of benzene rings is 1. The Morgan fingerprint density at radius 3 is 2.62 bits per heavy atom. The molecule has 0 atom stereocenters. The third-order valence-electron chi connectivity index (χ3n) is 5.21. The number of rotatable bonds is 6. The summed E-state index contributed by atoms with van der Waals surface area (Å²) in [5, 5.41) is 7.24. The smallest absolute Gasteiger partial charge is 0.263 e. The van der Waals surface area contributed by atoms with Crippen LogP contribution >= 0.6 is 11.6 Å². The average Bonchev–Trinajstić information content (AvgIpc) is 3.21. The number of hydrogen-bond acceptors (Lipinski definition) is 6. The number of sulfonamides is 1. The Kier molecular flexibility index (Phi) is 6.45. The minimum atomic E-state index is -3.94. The molecule has 4 rings (SSSR count). The minimum absolute atomic E-state index is 0.0219. The van der Waals surface area contributed by atoms with E-state index < -0.39 is 15.9 Å². The molecule has 0 aliphatic carbocycles. The molecule has 0 unspecified atom stereocenters. The van der Waals surface area contributed by atoms with E-state index in [2.05, 4.69) is 20.3 Å². The van der Waals surface area contributed by atoms with E-state index in [9.17, 15) is 13.2 Å². The molecule has 0 bridgehead atoms. The van der Waals surface area contributed by atoms with Gasteiger partial charge in [-0.1, -0.05) is 23.7 Å². The van der Waals surface area contributed by atoms with Gasteiger partial charge in [0.2, 0.25) is 5.03 Å². The van der Waals surface area contributed by atoms with Crippen molar-refractivity contribution in [3.8, 4) is 0 Å². The second kappa shape index (κ2) is 9.27. The molecule has 0 spiro atoms. The van der Waals surface area contributed by atoms with Crippen LogP contribution in [0.4, 0.5) is 5.69 Å². The molecule has 9 nitrogen and oxygen atoms in total. The Labute approximate surface area is 191 Å². The van der Waals surface area contributed by atoms with Gasteiger partial charge in [0.05, 0.1) is 5.56 Å². The fraction of sp³-hybridized carbons (Fsp3) is 0.286. The zero-order valence-electron chi connectivity index (χ0n) is 17.5. The van der Waals surface area contributed by atoms with Gasteiger partial charge < -0.3 is 10.2 Å². The van der Waals surface area contributed by atoms with E-state index in [0.717, 1.165) is 11.3 Å². The van der Waals surface area contributed by atoms with Crippen molar-refractivity contribution in [2.45, 2.75) is 11.6 Å². The third kappa shape index (κ3) is 4.77. The first kappa shape index (κ1) is 22.3. The zero-order valence-corrected chi connectivity index (χ0v) is 19.1. The number of hydrogen-bond donors (Lipinski definition) is 1. The van der Waals surface area contributed by atoms with Gasteiger partial charge in [0.25, 0.3) is 15.9 Å². The normalized spacial score (nSPS) is 15.0. The van der Waals surface area contributed by atoms with Gasteiger partial charge in [0.15, 0.2) is 0 Å². The number of aryl methyl sites for hydroxylation is 1. The Hall–Kier alpha value is -2.95. The van der Waals surface area contributed by atoms with Crippen LogP contribution in [0, 0.1) is 0 Å². The summed E-state index contributed by atoms with van der Waals surface area (Å²) in [4.78, 5) is 18.9. The molecule has 32 heavy (non-hydrogen) atoms. The number of nitrogens with zero attached hydrogens (tertiary/aromatic N) is 5. The molecule has 2 aromatic heterocycles. The van der Waals surface area contributed by atoms with Gasteiger partial charge in [-0.05, 0) is 29.8 Å². The second-order valence-electron chi connectivity index (χ2n) is 7.44. The maximum absolute atomic E-state index is 13.3. The van der Waals surface area contributed by atoms with Crippen molar-refractivity contribution in [1.82, 2.24) is 24.4 Å². The lowest BCUT2D eigenvalue weighted by atomic mass is 10.2. The summed E-state index contributed by atoms with van der Waals surface area (Å²) in [6, 6.07) is 11.1. The summed E-state index contributed by atoms with van der Waals surface area (Å²) >= 11 is 6.07. The first-order chi connectivity index (χ1) is 15.3. The van der Waals surface area contributed by atoms with Gasteiger partial charge >= 0.3 is 0 Å². The molecular formula is C21H23ClN6O3S. The minimum Gasteiger partial charge on any atom is -0.369 e. The van der Waals surface area contributed by atoms with Gasteiger partial charge in [-0.15, -0.1) is 0 Å². The molecule has 3 aromatic rings. The van der Waals surface area contributed by atoms with Crippen LogP contribution in [0.3, 0.4) is 0 Å². The monoisotopic (exact) mass is 474 g/mol. The van der Waals surface area contributed by atoms with E-state index in [1.165, 1.54) is 15.2 Å². The van der Waals surface area contributed by atoms with Gasteiger partial charge in [-0.2, -0.15) is 9.40 Å². The number of piperazine rings is 1. The zero-order chi connectivity index (χ0) is 22.7. The maximum Gasteiger partial charge on any atom is 0.263 e. The standard InChI is InChI=1S/C21H23ClN6O3S/c1-26-15-19(20(29)24-14-16-4-3-7-23-13-16)21(25-26)32(30,31)28-10-8-27(9-11-28)18-6-2-5-17(22)12-18/h2-7,12-13,15H,8-11,14H2,1H3,(H,24,29). The number of amides is 1. The number of nitrogens with one attached hydrogen (secondary N) is 1. The summed E-state index contributed by atoms with van der Waals surface area (Å²) in [6.07, 6.45) is 4.71. The number of carbonyl (C=O) groups excluding carboxylic acids is 1. The van der Waals surface area contributed by atoms with Crippen LogP contribution in [-0.2, 0) is 23.6 Å². The summed E-state index contributed by atoms with van der Waals surface area (Å²) in [5.41, 5.74) is 1.78. The van der Waals surface area contributed by atoms with Crippen molar-refractivity contribution in [1.29, 1.82) is 0 Å². The van der Waals surface area contributed by atoms with E-state index in [4.69, 9.17) is 11.6 Å². The Morgan fingerprint density at radius 1 is 1.16 bits per heavy atom. The van der Waals surface area contributed by atoms with Crippen LogP contribution in [0.2, 0.25) is 5.02 Å². The topological polar surface area (TPSA) is 100 Å². The van der Waals surface area contributed by atoms with E-state index in [1.54, 1.807) is 31.6 Å². The molecule has 1 saturated heterocycles. The Bertz CT molecular complexity index is 1210. The summed E-state index contributed by atoms with van der Waals surface area (Å²) in [7, 11) is -2.35. The van der Waals surface area contributed by atoms with Crippen LogP contribution in [0.1, 0.15) is 15.9 Å². The van der Waals surface area contributed by atoms with Gasteiger partial charge in [-0.25, -0.2) is 8.42 Å². The van der Waals surface area contributed by atoms with Crippen LogP contribution in [-0.4, -0.2) is 59.6 Å². The van der Waals surface area contributed by atoms with E-state index in [0.29, 0.717) is 18.1 Å². The van der Waals surface area contributed by atoms with Gasteiger partial charge in [0.1, 0.15) is 0 Å². The highest BCUT2D eigenvalue weighted by molar-refractivity contribution is 7.89. The molecule has 1 aliphatic heterocycles. The summed E-state index contributed by atoms with van der Waals surface area (Å²) in [5.74, 6) is -0.502. The molecule has 3 heterocycles. The van der Waals surface area contributed by atoms with Crippen molar-refractivity contribution in [3.63, 3.8) is 0 Å². The maximum atomic E-state index is 13.3. The lowest BCUT2D eigenvalue weighted by Gasteiger charge is -2.35. The van der Waals surface area contributed by atoms with Crippen LogP contribution in [0.15, 0.2) is 60.0 Å². The highest BCUT2D eigenvalue weighted by Gasteiger charge is 2.34. The Morgan fingerprint density at radius 2 is 1.94 bits per heavy atom. The second-order valence-corrected chi connectivity index (χ2v) is 9.73. The van der Waals surface area contributed by atoms with Crippen molar-refractivity contribution in [2.24, 2.45) is 7.05 Å². The fourth-order valence-corrected chi connectivity index (χ4v) is 5.30. The first-order valence-corrected chi connectivity index (χ1v) is 11.9. The largest absolute Gasteiger partial charge is 0.369 e. The molecule has 1 amide bonds. The number of pyridine rings is 1. The van der Waals surface area contributed by atoms with E-state index >= 15 is 0 Å². The molecule has 11 heteroatoms. The highest BCUT2D eigenvalue weighted by atomic mass is 35.5. The van der Waals surface area contributed by atoms with Crippen molar-refractivity contribution < 1.29 is 13.2 Å². The SMILES string of the molecule is Cn1cc(C(=O)NCc2cccnc2)c(S(=O)(=O)N2CCN(c3cccc(Cl)c3)CC2)n1. The average molecular weight is 475 g/mol. The molecule has 1 fully saturated rings. The molecule has 168 valence electrons.